The number of nitro groups is 1. The van der Waals surface area contributed by atoms with Crippen molar-refractivity contribution in [2.24, 2.45) is 0 Å². The summed E-state index contributed by atoms with van der Waals surface area (Å²) < 4.78 is 0. The lowest BCUT2D eigenvalue weighted by molar-refractivity contribution is -0.385. The van der Waals surface area contributed by atoms with Crippen molar-refractivity contribution in [1.29, 1.82) is 5.26 Å². The number of aromatic nitrogens is 1. The predicted octanol–water partition coefficient (Wildman–Crippen LogP) is 2.61. The van der Waals surface area contributed by atoms with E-state index in [0.717, 1.165) is 19.3 Å². The van der Waals surface area contributed by atoms with Gasteiger partial charge in [0.2, 0.25) is 5.69 Å². The lowest BCUT2D eigenvalue weighted by atomic mass is 9.75. The molecule has 18 heavy (non-hydrogen) atoms. The molecule has 0 atom stereocenters. The minimum absolute atomic E-state index is 0.0514. The number of nitrogens with zero attached hydrogens (tertiary/aromatic N) is 3. The standard InChI is InChI=1S/C12H14N4O2/c1-2-12(6-3-7-12)15-11-5-4-10(16(17)18)9(8-13)14-11/h4-5H,2-3,6-7H2,1H3,(H,14,15). The highest BCUT2D eigenvalue weighted by Crippen LogP contribution is 2.37. The predicted molar refractivity (Wildman–Crippen MR) is 66.1 cm³/mol. The Morgan fingerprint density at radius 1 is 1.61 bits per heavy atom. The van der Waals surface area contributed by atoms with Crippen molar-refractivity contribution in [1.82, 2.24) is 4.98 Å². The Morgan fingerprint density at radius 3 is 2.78 bits per heavy atom. The van der Waals surface area contributed by atoms with E-state index in [1.807, 2.05) is 0 Å². The molecule has 0 saturated heterocycles. The molecule has 0 bridgehead atoms. The average molecular weight is 246 g/mol. The van der Waals surface area contributed by atoms with Gasteiger partial charge in [0.15, 0.2) is 0 Å². The molecule has 1 N–H and O–H groups in total. The summed E-state index contributed by atoms with van der Waals surface area (Å²) in [6.07, 6.45) is 4.31. The van der Waals surface area contributed by atoms with Crippen LogP contribution in [0, 0.1) is 21.4 Å². The Labute approximate surface area is 105 Å². The van der Waals surface area contributed by atoms with Crippen molar-refractivity contribution in [3.05, 3.63) is 27.9 Å². The molecule has 0 aliphatic heterocycles. The molecular weight excluding hydrogens is 232 g/mol. The Balaban J connectivity index is 2.25. The van der Waals surface area contributed by atoms with Gasteiger partial charge in [0, 0.05) is 11.6 Å². The molecule has 1 fully saturated rings. The minimum atomic E-state index is -0.589. The van der Waals surface area contributed by atoms with E-state index in [2.05, 4.69) is 17.2 Å². The molecule has 1 saturated carbocycles. The summed E-state index contributed by atoms with van der Waals surface area (Å²) in [6, 6.07) is 4.66. The van der Waals surface area contributed by atoms with Gasteiger partial charge in [-0.15, -0.1) is 0 Å². The van der Waals surface area contributed by atoms with Crippen LogP contribution in [0.2, 0.25) is 0 Å². The highest BCUT2D eigenvalue weighted by atomic mass is 16.6. The van der Waals surface area contributed by atoms with Gasteiger partial charge < -0.3 is 5.32 Å². The van der Waals surface area contributed by atoms with Crippen molar-refractivity contribution in [2.75, 3.05) is 5.32 Å². The van der Waals surface area contributed by atoms with E-state index < -0.39 is 4.92 Å². The minimum Gasteiger partial charge on any atom is -0.365 e. The van der Waals surface area contributed by atoms with Crippen molar-refractivity contribution in [2.45, 2.75) is 38.1 Å². The smallest absolute Gasteiger partial charge is 0.305 e. The molecule has 0 amide bonds. The molecule has 1 aromatic rings. The van der Waals surface area contributed by atoms with Crippen LogP contribution in [-0.2, 0) is 0 Å². The van der Waals surface area contributed by atoms with Gasteiger partial charge in [-0.1, -0.05) is 6.92 Å². The van der Waals surface area contributed by atoms with Gasteiger partial charge in [-0.05, 0) is 31.7 Å². The first-order chi connectivity index (χ1) is 8.60. The molecule has 0 unspecified atom stereocenters. The number of pyridine rings is 1. The van der Waals surface area contributed by atoms with Gasteiger partial charge in [0.05, 0.1) is 4.92 Å². The van der Waals surface area contributed by atoms with E-state index in [1.54, 1.807) is 12.1 Å². The quantitative estimate of drug-likeness (QED) is 0.651. The number of nitrogens with one attached hydrogen (secondary N) is 1. The van der Waals surface area contributed by atoms with Gasteiger partial charge in [0.25, 0.3) is 0 Å². The Morgan fingerprint density at radius 2 is 2.33 bits per heavy atom. The zero-order valence-corrected chi connectivity index (χ0v) is 10.1. The second-order valence-electron chi connectivity index (χ2n) is 4.55. The molecule has 1 aliphatic carbocycles. The van der Waals surface area contributed by atoms with Crippen LogP contribution < -0.4 is 5.32 Å². The first-order valence-electron chi connectivity index (χ1n) is 5.94. The van der Waals surface area contributed by atoms with E-state index in [1.165, 1.54) is 12.5 Å². The Bertz CT molecular complexity index is 512. The third-order valence-electron chi connectivity index (χ3n) is 3.56. The summed E-state index contributed by atoms with van der Waals surface area (Å²) in [5.74, 6) is 0.540. The van der Waals surface area contributed by atoms with Gasteiger partial charge >= 0.3 is 5.69 Å². The van der Waals surface area contributed by atoms with Gasteiger partial charge in [0.1, 0.15) is 11.9 Å². The average Bonchev–Trinajstić information content (AvgIpc) is 2.33. The second-order valence-corrected chi connectivity index (χ2v) is 4.55. The van der Waals surface area contributed by atoms with Crippen LogP contribution in [-0.4, -0.2) is 15.4 Å². The molecule has 1 heterocycles. The van der Waals surface area contributed by atoms with E-state index >= 15 is 0 Å². The van der Waals surface area contributed by atoms with Crippen LogP contribution in [0.1, 0.15) is 38.3 Å². The van der Waals surface area contributed by atoms with Crippen LogP contribution in [0.25, 0.3) is 0 Å². The van der Waals surface area contributed by atoms with Crippen LogP contribution in [0.5, 0.6) is 0 Å². The number of anilines is 1. The largest absolute Gasteiger partial charge is 0.365 e. The van der Waals surface area contributed by atoms with E-state index in [9.17, 15) is 10.1 Å². The van der Waals surface area contributed by atoms with E-state index in [-0.39, 0.29) is 16.9 Å². The van der Waals surface area contributed by atoms with Crippen molar-refractivity contribution in [3.63, 3.8) is 0 Å². The molecule has 1 aromatic heterocycles. The van der Waals surface area contributed by atoms with Crippen molar-refractivity contribution < 1.29 is 4.92 Å². The van der Waals surface area contributed by atoms with Gasteiger partial charge in [-0.2, -0.15) is 5.26 Å². The molecule has 2 rings (SSSR count). The molecule has 6 nitrogen and oxygen atoms in total. The Kier molecular flexibility index (Phi) is 3.15. The zero-order chi connectivity index (χ0) is 13.2. The van der Waals surface area contributed by atoms with Gasteiger partial charge in [-0.3, -0.25) is 10.1 Å². The summed E-state index contributed by atoms with van der Waals surface area (Å²) in [5.41, 5.74) is -0.339. The third-order valence-corrected chi connectivity index (χ3v) is 3.56. The Hall–Kier alpha value is -2.16. The topological polar surface area (TPSA) is 91.9 Å². The maximum atomic E-state index is 10.7. The van der Waals surface area contributed by atoms with Crippen LogP contribution in [0.4, 0.5) is 11.5 Å². The summed E-state index contributed by atoms with van der Waals surface area (Å²) in [6.45, 7) is 2.10. The molecule has 0 aromatic carbocycles. The number of nitriles is 1. The van der Waals surface area contributed by atoms with Crippen molar-refractivity contribution >= 4 is 11.5 Å². The number of rotatable bonds is 4. The van der Waals surface area contributed by atoms with Gasteiger partial charge in [-0.25, -0.2) is 4.98 Å². The van der Waals surface area contributed by atoms with Crippen molar-refractivity contribution in [3.8, 4) is 6.07 Å². The summed E-state index contributed by atoms with van der Waals surface area (Å²) in [4.78, 5) is 14.1. The van der Waals surface area contributed by atoms with E-state index in [0.29, 0.717) is 5.82 Å². The molecule has 94 valence electrons. The van der Waals surface area contributed by atoms with E-state index in [4.69, 9.17) is 5.26 Å². The zero-order valence-electron chi connectivity index (χ0n) is 10.1. The normalized spacial score (nSPS) is 16.4. The summed E-state index contributed by atoms with van der Waals surface area (Å²) in [7, 11) is 0. The first kappa shape index (κ1) is 12.3. The lowest BCUT2D eigenvalue weighted by Crippen LogP contribution is -2.44. The lowest BCUT2D eigenvalue weighted by Gasteiger charge is -2.42. The summed E-state index contributed by atoms with van der Waals surface area (Å²) in [5, 5.41) is 22.9. The number of hydrogen-bond donors (Lipinski definition) is 1. The first-order valence-corrected chi connectivity index (χ1v) is 5.94. The SMILES string of the molecule is CCC1(Nc2ccc([N+](=O)[O-])c(C#N)n2)CCC1. The highest BCUT2D eigenvalue weighted by Gasteiger charge is 2.35. The molecule has 0 radical (unpaired) electrons. The number of hydrogen-bond acceptors (Lipinski definition) is 5. The molecule has 6 heteroatoms. The molecule has 0 spiro atoms. The fraction of sp³-hybridized carbons (Fsp3) is 0.500. The van der Waals surface area contributed by atoms with Crippen LogP contribution in [0.15, 0.2) is 12.1 Å². The monoisotopic (exact) mass is 246 g/mol. The molecular formula is C12H14N4O2. The molecule has 1 aliphatic rings. The van der Waals surface area contributed by atoms with Crippen LogP contribution >= 0.6 is 0 Å². The highest BCUT2D eigenvalue weighted by molar-refractivity contribution is 5.51. The summed E-state index contributed by atoms with van der Waals surface area (Å²) >= 11 is 0. The fourth-order valence-corrected chi connectivity index (χ4v) is 2.19. The fourth-order valence-electron chi connectivity index (χ4n) is 2.19. The maximum absolute atomic E-state index is 10.7. The maximum Gasteiger partial charge on any atom is 0.305 e. The second kappa shape index (κ2) is 4.61. The van der Waals surface area contributed by atoms with Crippen LogP contribution in [0.3, 0.4) is 0 Å². The third kappa shape index (κ3) is 2.12.